The molecule has 0 aliphatic rings. The van der Waals surface area contributed by atoms with E-state index in [0.29, 0.717) is 5.75 Å². The van der Waals surface area contributed by atoms with E-state index in [1.165, 1.54) is 0 Å². The van der Waals surface area contributed by atoms with Crippen molar-refractivity contribution in [3.63, 3.8) is 0 Å². The molecule has 0 fully saturated rings. The molecule has 5 nitrogen and oxygen atoms in total. The fraction of sp³-hybridized carbons (Fsp3) is 0.786. The number of thioether (sulfide) groups is 1. The molecule has 0 heterocycles. The van der Waals surface area contributed by atoms with Gasteiger partial charge >= 0.3 is 11.9 Å². The number of rotatable bonds is 11. The van der Waals surface area contributed by atoms with Crippen molar-refractivity contribution in [1.82, 2.24) is 0 Å². The number of carbonyl (C=O) groups is 3. The summed E-state index contributed by atoms with van der Waals surface area (Å²) in [6, 6.07) is 0. The fourth-order valence-electron chi connectivity index (χ4n) is 2.29. The van der Waals surface area contributed by atoms with Crippen LogP contribution in [0.1, 0.15) is 52.9 Å². The molecule has 1 unspecified atom stereocenters. The van der Waals surface area contributed by atoms with Gasteiger partial charge in [-0.2, -0.15) is 0 Å². The van der Waals surface area contributed by atoms with E-state index in [-0.39, 0.29) is 17.6 Å². The number of carboxylic acid groups (broad SMARTS) is 2. The monoisotopic (exact) mass is 304 g/mol. The second kappa shape index (κ2) is 9.00. The molecule has 0 amide bonds. The molecular weight excluding hydrogens is 280 g/mol. The van der Waals surface area contributed by atoms with Crippen LogP contribution < -0.4 is 0 Å². The molecule has 116 valence electrons. The van der Waals surface area contributed by atoms with Gasteiger partial charge in [-0.3, -0.25) is 14.4 Å². The maximum absolute atomic E-state index is 11.7. The zero-order valence-corrected chi connectivity index (χ0v) is 13.2. The molecule has 20 heavy (non-hydrogen) atoms. The molecule has 0 saturated carbocycles. The molecule has 0 radical (unpaired) electrons. The van der Waals surface area contributed by atoms with Crippen LogP contribution in [0.15, 0.2) is 0 Å². The Labute approximate surface area is 124 Å². The molecule has 0 rings (SSSR count). The third-order valence-corrected chi connectivity index (χ3v) is 5.15. The van der Waals surface area contributed by atoms with E-state index < -0.39 is 17.2 Å². The fourth-order valence-corrected chi connectivity index (χ4v) is 3.29. The summed E-state index contributed by atoms with van der Waals surface area (Å²) < 4.78 is 0. The standard InChI is InChI=1S/C14H24O5S/c1-4-14(5-2,10(3)15)7-6-8-20-11(13(18)19)9-12(16)17/h11H,4-9H2,1-3H3,(H,16,17)(H,18,19). The average Bonchev–Trinajstić information content (AvgIpc) is 2.37. The first-order chi connectivity index (χ1) is 9.29. The van der Waals surface area contributed by atoms with Crippen molar-refractivity contribution in [2.75, 3.05) is 5.75 Å². The minimum Gasteiger partial charge on any atom is -0.481 e. The van der Waals surface area contributed by atoms with Gasteiger partial charge in [0.05, 0.1) is 6.42 Å². The van der Waals surface area contributed by atoms with Crippen LogP contribution >= 0.6 is 11.8 Å². The summed E-state index contributed by atoms with van der Waals surface area (Å²) in [5, 5.41) is 16.7. The minimum atomic E-state index is -1.11. The van der Waals surface area contributed by atoms with Gasteiger partial charge in [0.15, 0.2) is 0 Å². The lowest BCUT2D eigenvalue weighted by atomic mass is 9.75. The number of Topliss-reactive ketones (excluding diaryl/α,β-unsaturated/α-hetero) is 1. The molecule has 0 aromatic carbocycles. The third kappa shape index (κ3) is 5.94. The Hall–Kier alpha value is -1.04. The Balaban J connectivity index is 4.31. The molecule has 1 atom stereocenters. The predicted molar refractivity (Wildman–Crippen MR) is 79.1 cm³/mol. The van der Waals surface area contributed by atoms with Crippen LogP contribution in [0.25, 0.3) is 0 Å². The topological polar surface area (TPSA) is 91.7 Å². The van der Waals surface area contributed by atoms with Crippen LogP contribution in [0.2, 0.25) is 0 Å². The molecule has 0 aromatic heterocycles. The van der Waals surface area contributed by atoms with Crippen LogP contribution in [0.5, 0.6) is 0 Å². The number of aliphatic carboxylic acids is 2. The smallest absolute Gasteiger partial charge is 0.317 e. The van der Waals surface area contributed by atoms with Gasteiger partial charge in [-0.1, -0.05) is 13.8 Å². The SMILES string of the molecule is CCC(CC)(CCCSC(CC(=O)O)C(=O)O)C(C)=O. The van der Waals surface area contributed by atoms with Gasteiger partial charge in [-0.05, 0) is 38.4 Å². The first kappa shape index (κ1) is 19.0. The van der Waals surface area contributed by atoms with E-state index in [1.807, 2.05) is 13.8 Å². The quantitative estimate of drug-likeness (QED) is 0.570. The van der Waals surface area contributed by atoms with E-state index >= 15 is 0 Å². The van der Waals surface area contributed by atoms with Gasteiger partial charge in [0.1, 0.15) is 11.0 Å². The molecule has 0 aliphatic heterocycles. The Bertz CT molecular complexity index is 349. The van der Waals surface area contributed by atoms with Crippen molar-refractivity contribution in [3.05, 3.63) is 0 Å². The molecule has 0 saturated heterocycles. The van der Waals surface area contributed by atoms with Crippen LogP contribution in [0.4, 0.5) is 0 Å². The Kier molecular flexibility index (Phi) is 8.53. The molecule has 0 aromatic rings. The summed E-state index contributed by atoms with van der Waals surface area (Å²) in [4.78, 5) is 33.2. The van der Waals surface area contributed by atoms with Crippen molar-refractivity contribution < 1.29 is 24.6 Å². The number of hydrogen-bond donors (Lipinski definition) is 2. The highest BCUT2D eigenvalue weighted by molar-refractivity contribution is 8.00. The van der Waals surface area contributed by atoms with Crippen molar-refractivity contribution in [2.45, 2.75) is 58.1 Å². The summed E-state index contributed by atoms with van der Waals surface area (Å²) in [5.74, 6) is -1.47. The summed E-state index contributed by atoms with van der Waals surface area (Å²) in [6.45, 7) is 5.58. The Morgan fingerprint density at radius 3 is 2.05 bits per heavy atom. The lowest BCUT2D eigenvalue weighted by Gasteiger charge is -2.28. The normalized spacial score (nSPS) is 12.9. The summed E-state index contributed by atoms with van der Waals surface area (Å²) in [5.41, 5.74) is -0.313. The highest BCUT2D eigenvalue weighted by Crippen LogP contribution is 2.34. The van der Waals surface area contributed by atoms with Gasteiger partial charge in [0, 0.05) is 5.41 Å². The predicted octanol–water partition coefficient (Wildman–Crippen LogP) is 2.82. The van der Waals surface area contributed by atoms with Crippen molar-refractivity contribution >= 4 is 29.5 Å². The van der Waals surface area contributed by atoms with E-state index in [4.69, 9.17) is 10.2 Å². The van der Waals surface area contributed by atoms with E-state index in [2.05, 4.69) is 0 Å². The number of carboxylic acids is 2. The van der Waals surface area contributed by atoms with Crippen molar-refractivity contribution in [1.29, 1.82) is 0 Å². The first-order valence-corrected chi connectivity index (χ1v) is 7.91. The van der Waals surface area contributed by atoms with Crippen molar-refractivity contribution in [3.8, 4) is 0 Å². The highest BCUT2D eigenvalue weighted by atomic mass is 32.2. The molecule has 6 heteroatoms. The largest absolute Gasteiger partial charge is 0.481 e. The molecule has 0 spiro atoms. The van der Waals surface area contributed by atoms with Gasteiger partial charge < -0.3 is 10.2 Å². The maximum atomic E-state index is 11.7. The summed E-state index contributed by atoms with van der Waals surface area (Å²) in [6.07, 6.45) is 2.62. The second-order valence-electron chi connectivity index (χ2n) is 4.94. The average molecular weight is 304 g/mol. The summed E-state index contributed by atoms with van der Waals surface area (Å²) in [7, 11) is 0. The highest BCUT2D eigenvalue weighted by Gasteiger charge is 2.31. The molecular formula is C14H24O5S. The Morgan fingerprint density at radius 1 is 1.15 bits per heavy atom. The number of carbonyl (C=O) groups excluding carboxylic acids is 1. The van der Waals surface area contributed by atoms with Crippen LogP contribution in [-0.4, -0.2) is 38.9 Å². The van der Waals surface area contributed by atoms with Gasteiger partial charge in [0.25, 0.3) is 0 Å². The third-order valence-electron chi connectivity index (χ3n) is 3.85. The van der Waals surface area contributed by atoms with Gasteiger partial charge in [-0.15, -0.1) is 11.8 Å². The molecule has 0 bridgehead atoms. The van der Waals surface area contributed by atoms with E-state index in [9.17, 15) is 14.4 Å². The summed E-state index contributed by atoms with van der Waals surface area (Å²) >= 11 is 1.14. The first-order valence-electron chi connectivity index (χ1n) is 6.86. The van der Waals surface area contributed by atoms with Crippen LogP contribution in [0, 0.1) is 5.41 Å². The van der Waals surface area contributed by atoms with Gasteiger partial charge in [-0.25, -0.2) is 0 Å². The van der Waals surface area contributed by atoms with E-state index in [0.717, 1.165) is 37.4 Å². The number of hydrogen-bond acceptors (Lipinski definition) is 4. The second-order valence-corrected chi connectivity index (χ2v) is 6.25. The molecule has 0 aliphatic carbocycles. The minimum absolute atomic E-state index is 0.174. The van der Waals surface area contributed by atoms with Crippen molar-refractivity contribution in [2.24, 2.45) is 5.41 Å². The van der Waals surface area contributed by atoms with E-state index in [1.54, 1.807) is 6.92 Å². The zero-order valence-electron chi connectivity index (χ0n) is 12.3. The lowest BCUT2D eigenvalue weighted by molar-refractivity contribution is -0.142. The molecule has 2 N–H and O–H groups in total. The van der Waals surface area contributed by atoms with Gasteiger partial charge in [0.2, 0.25) is 0 Å². The Morgan fingerprint density at radius 2 is 1.70 bits per heavy atom. The maximum Gasteiger partial charge on any atom is 0.317 e. The van der Waals surface area contributed by atoms with Crippen LogP contribution in [0.3, 0.4) is 0 Å². The lowest BCUT2D eigenvalue weighted by Crippen LogP contribution is -2.28. The van der Waals surface area contributed by atoms with Crippen LogP contribution in [-0.2, 0) is 14.4 Å². The number of ketones is 1. The zero-order chi connectivity index (χ0) is 15.8.